The molecule has 3 aromatic heterocycles. The molecule has 52 heavy (non-hydrogen) atoms. The van der Waals surface area contributed by atoms with Gasteiger partial charge in [0.15, 0.2) is 0 Å². The van der Waals surface area contributed by atoms with Crippen LogP contribution >= 0.6 is 0 Å². The number of hydrogen-bond donors (Lipinski definition) is 0. The molecule has 10 rings (SSSR count). The average Bonchev–Trinajstić information content (AvgIpc) is 3.74. The van der Waals surface area contributed by atoms with E-state index in [2.05, 4.69) is 167 Å². The van der Waals surface area contributed by atoms with E-state index in [1.807, 2.05) is 30.3 Å². The summed E-state index contributed by atoms with van der Waals surface area (Å²) in [6, 6.07) is 65.9. The van der Waals surface area contributed by atoms with Gasteiger partial charge in [0.25, 0.3) is 0 Å². The predicted molar refractivity (Wildman–Crippen MR) is 214 cm³/mol. The molecule has 0 atom stereocenters. The quantitative estimate of drug-likeness (QED) is 0.184. The number of hydrogen-bond acceptors (Lipinski definition) is 2. The molecule has 4 nitrogen and oxygen atoms in total. The molecule has 7 aromatic carbocycles. The second kappa shape index (κ2) is 12.0. The molecule has 0 fully saturated rings. The minimum atomic E-state index is 0.576. The zero-order chi connectivity index (χ0) is 34.6. The zero-order valence-electron chi connectivity index (χ0n) is 28.1. The highest BCUT2D eigenvalue weighted by atomic mass is 15.0. The smallest absolute Gasteiger partial charge is 0.0998 e. The standard InChI is InChI=1S/C48H30N4/c49-31-34-24-25-37(30-41(34)43-29-35(32-14-4-1-5-15-32)28-42(50-43)33-16-6-2-7-17-33)52-44-22-12-10-20-38(44)39-26-27-46-47(48(39)52)40-21-11-13-23-45(40)51(46)36-18-8-3-9-19-36/h1-30H. The average molecular weight is 663 g/mol. The van der Waals surface area contributed by atoms with Gasteiger partial charge in [-0.25, -0.2) is 4.98 Å². The Hall–Kier alpha value is -7.22. The van der Waals surface area contributed by atoms with E-state index in [9.17, 15) is 5.26 Å². The van der Waals surface area contributed by atoms with Gasteiger partial charge in [-0.15, -0.1) is 0 Å². The van der Waals surface area contributed by atoms with Gasteiger partial charge in [-0.2, -0.15) is 5.26 Å². The van der Waals surface area contributed by atoms with Crippen molar-refractivity contribution in [2.75, 3.05) is 0 Å². The van der Waals surface area contributed by atoms with Crippen LogP contribution in [-0.4, -0.2) is 14.1 Å². The highest BCUT2D eigenvalue weighted by Crippen LogP contribution is 2.42. The summed E-state index contributed by atoms with van der Waals surface area (Å²) in [4.78, 5) is 5.22. The molecule has 4 heteroatoms. The van der Waals surface area contributed by atoms with Crippen LogP contribution in [0.5, 0.6) is 0 Å². The number of pyridine rings is 1. The maximum Gasteiger partial charge on any atom is 0.0998 e. The molecule has 0 saturated heterocycles. The fourth-order valence-electron chi connectivity index (χ4n) is 7.84. The Morgan fingerprint density at radius 1 is 0.423 bits per heavy atom. The topological polar surface area (TPSA) is 46.5 Å². The highest BCUT2D eigenvalue weighted by Gasteiger charge is 2.22. The summed E-state index contributed by atoms with van der Waals surface area (Å²) in [6.07, 6.45) is 0. The van der Waals surface area contributed by atoms with Gasteiger partial charge in [-0.3, -0.25) is 0 Å². The molecular weight excluding hydrogens is 633 g/mol. The van der Waals surface area contributed by atoms with Crippen LogP contribution < -0.4 is 0 Å². The second-order valence-corrected chi connectivity index (χ2v) is 13.1. The third-order valence-electron chi connectivity index (χ3n) is 10.1. The van der Waals surface area contributed by atoms with Gasteiger partial charge in [0.2, 0.25) is 0 Å². The van der Waals surface area contributed by atoms with Crippen LogP contribution in [0.2, 0.25) is 0 Å². The maximum atomic E-state index is 10.5. The molecule has 3 heterocycles. The van der Waals surface area contributed by atoms with Gasteiger partial charge in [0, 0.05) is 44.0 Å². The van der Waals surface area contributed by atoms with Crippen molar-refractivity contribution in [1.29, 1.82) is 5.26 Å². The first-order valence-corrected chi connectivity index (χ1v) is 17.5. The second-order valence-electron chi connectivity index (χ2n) is 13.1. The van der Waals surface area contributed by atoms with E-state index in [1.54, 1.807) is 0 Å². The maximum absolute atomic E-state index is 10.5. The third kappa shape index (κ3) is 4.65. The zero-order valence-corrected chi connectivity index (χ0v) is 28.1. The van der Waals surface area contributed by atoms with Gasteiger partial charge >= 0.3 is 0 Å². The molecule has 0 amide bonds. The molecule has 0 radical (unpaired) electrons. The number of aromatic nitrogens is 3. The van der Waals surface area contributed by atoms with Gasteiger partial charge in [-0.05, 0) is 71.8 Å². The molecule has 0 unspecified atom stereocenters. The molecule has 0 N–H and O–H groups in total. The minimum absolute atomic E-state index is 0.576. The normalized spacial score (nSPS) is 11.4. The van der Waals surface area contributed by atoms with Crippen molar-refractivity contribution in [2.45, 2.75) is 0 Å². The fourth-order valence-corrected chi connectivity index (χ4v) is 7.84. The highest BCUT2D eigenvalue weighted by molar-refractivity contribution is 6.26. The number of nitriles is 1. The lowest BCUT2D eigenvalue weighted by Gasteiger charge is -2.14. The van der Waals surface area contributed by atoms with E-state index >= 15 is 0 Å². The van der Waals surface area contributed by atoms with Gasteiger partial charge in [0.05, 0.1) is 45.1 Å². The van der Waals surface area contributed by atoms with Crippen molar-refractivity contribution in [3.05, 3.63) is 188 Å². The molecule has 0 saturated carbocycles. The predicted octanol–water partition coefficient (Wildman–Crippen LogP) is 12.1. The monoisotopic (exact) mass is 662 g/mol. The number of nitrogens with zero attached hydrogens (tertiary/aromatic N) is 4. The van der Waals surface area contributed by atoms with Crippen LogP contribution in [0.3, 0.4) is 0 Å². The molecule has 242 valence electrons. The lowest BCUT2D eigenvalue weighted by molar-refractivity contribution is 1.17. The molecule has 0 aliphatic rings. The Balaban J connectivity index is 1.28. The first kappa shape index (κ1) is 29.7. The Morgan fingerprint density at radius 3 is 1.77 bits per heavy atom. The molecule has 0 aliphatic heterocycles. The van der Waals surface area contributed by atoms with E-state index in [-0.39, 0.29) is 0 Å². The van der Waals surface area contributed by atoms with Crippen molar-refractivity contribution < 1.29 is 0 Å². The van der Waals surface area contributed by atoms with Crippen LogP contribution in [0.1, 0.15) is 5.56 Å². The van der Waals surface area contributed by atoms with Crippen molar-refractivity contribution in [2.24, 2.45) is 0 Å². The van der Waals surface area contributed by atoms with Gasteiger partial charge in [-0.1, -0.05) is 121 Å². The van der Waals surface area contributed by atoms with E-state index in [1.165, 1.54) is 21.5 Å². The molecule has 0 bridgehead atoms. The molecule has 10 aromatic rings. The van der Waals surface area contributed by atoms with Crippen molar-refractivity contribution in [3.8, 4) is 51.1 Å². The van der Waals surface area contributed by atoms with E-state index in [0.717, 1.165) is 67.1 Å². The number of fused-ring (bicyclic) bond motifs is 7. The van der Waals surface area contributed by atoms with Crippen LogP contribution in [0.15, 0.2) is 182 Å². The van der Waals surface area contributed by atoms with Gasteiger partial charge < -0.3 is 9.13 Å². The van der Waals surface area contributed by atoms with Crippen LogP contribution in [0.4, 0.5) is 0 Å². The van der Waals surface area contributed by atoms with Crippen molar-refractivity contribution >= 4 is 43.6 Å². The summed E-state index contributed by atoms with van der Waals surface area (Å²) >= 11 is 0. The van der Waals surface area contributed by atoms with Crippen LogP contribution in [0.25, 0.3) is 88.6 Å². The summed E-state index contributed by atoms with van der Waals surface area (Å²) < 4.78 is 4.74. The Labute approximate surface area is 300 Å². The summed E-state index contributed by atoms with van der Waals surface area (Å²) in [6.45, 7) is 0. The lowest BCUT2D eigenvalue weighted by Crippen LogP contribution is -1.98. The number of para-hydroxylation sites is 3. The van der Waals surface area contributed by atoms with Crippen LogP contribution in [-0.2, 0) is 0 Å². The van der Waals surface area contributed by atoms with E-state index in [0.29, 0.717) is 5.56 Å². The molecule has 0 spiro atoms. The fraction of sp³-hybridized carbons (Fsp3) is 0. The Kier molecular flexibility index (Phi) is 6.84. The van der Waals surface area contributed by atoms with Gasteiger partial charge in [0.1, 0.15) is 0 Å². The van der Waals surface area contributed by atoms with Crippen LogP contribution in [0, 0.1) is 11.3 Å². The first-order valence-electron chi connectivity index (χ1n) is 17.5. The Morgan fingerprint density at radius 2 is 1.04 bits per heavy atom. The van der Waals surface area contributed by atoms with Crippen molar-refractivity contribution in [1.82, 2.24) is 14.1 Å². The summed E-state index contributed by atoms with van der Waals surface area (Å²) in [5.41, 5.74) is 12.8. The summed E-state index contributed by atoms with van der Waals surface area (Å²) in [5, 5.41) is 15.2. The van der Waals surface area contributed by atoms with E-state index in [4.69, 9.17) is 4.98 Å². The van der Waals surface area contributed by atoms with E-state index < -0.39 is 0 Å². The summed E-state index contributed by atoms with van der Waals surface area (Å²) in [7, 11) is 0. The minimum Gasteiger partial charge on any atom is -0.309 e. The summed E-state index contributed by atoms with van der Waals surface area (Å²) in [5.74, 6) is 0. The first-order chi connectivity index (χ1) is 25.8. The third-order valence-corrected chi connectivity index (χ3v) is 10.1. The number of rotatable bonds is 5. The number of benzene rings is 7. The Bertz CT molecular complexity index is 2940. The molecule has 0 aliphatic carbocycles. The largest absolute Gasteiger partial charge is 0.309 e. The van der Waals surface area contributed by atoms with Crippen molar-refractivity contribution in [3.63, 3.8) is 0 Å². The molecular formula is C48H30N4. The lowest BCUT2D eigenvalue weighted by atomic mass is 9.97. The SMILES string of the molecule is N#Cc1ccc(-n2c3ccccc3c3ccc4c(c5ccccc5n4-c4ccccc4)c32)cc1-c1cc(-c2ccccc2)cc(-c2ccccc2)n1.